The molecule has 2 N–H and O–H groups in total. The fourth-order valence-electron chi connectivity index (χ4n) is 4.07. The average Bonchev–Trinajstić information content (AvgIpc) is 2.72. The lowest BCUT2D eigenvalue weighted by atomic mass is 9.92. The summed E-state index contributed by atoms with van der Waals surface area (Å²) >= 11 is 0. The smallest absolute Gasteiger partial charge is 0.407 e. The summed E-state index contributed by atoms with van der Waals surface area (Å²) in [5.74, 6) is -1.91. The third-order valence-corrected chi connectivity index (χ3v) is 5.69. The molecule has 2 aromatic rings. The number of ether oxygens (including phenoxy) is 1. The van der Waals surface area contributed by atoms with Crippen molar-refractivity contribution in [2.45, 2.75) is 58.1 Å². The first-order chi connectivity index (χ1) is 15.1. The number of hydrogen-bond donors (Lipinski definition) is 2. The van der Waals surface area contributed by atoms with Crippen LogP contribution in [0.3, 0.4) is 0 Å². The average molecular weight is 441 g/mol. The van der Waals surface area contributed by atoms with E-state index in [9.17, 15) is 19.5 Å². The zero-order valence-corrected chi connectivity index (χ0v) is 19.0. The molecule has 0 unspecified atom stereocenters. The lowest BCUT2D eigenvalue weighted by Crippen LogP contribution is -2.48. The Morgan fingerprint density at radius 2 is 1.75 bits per heavy atom. The van der Waals surface area contributed by atoms with Crippen molar-refractivity contribution in [1.82, 2.24) is 10.2 Å². The number of benzene rings is 2. The molecule has 0 radical (unpaired) electrons. The highest BCUT2D eigenvalue weighted by Gasteiger charge is 2.29. The number of fused-ring (bicyclic) bond motifs is 1. The molecule has 2 aromatic carbocycles. The zero-order valence-electron chi connectivity index (χ0n) is 19.0. The Bertz CT molecular complexity index is 968. The molecule has 3 rings (SSSR count). The van der Waals surface area contributed by atoms with Gasteiger partial charge in [0.15, 0.2) is 0 Å². The number of likely N-dealkylation sites (tertiary alicyclic amines) is 1. The van der Waals surface area contributed by atoms with Gasteiger partial charge in [-0.05, 0) is 56.4 Å². The number of rotatable bonds is 6. The molecule has 1 aliphatic rings. The number of carbonyl (C=O) groups excluding carboxylic acids is 2. The highest BCUT2D eigenvalue weighted by Crippen LogP contribution is 2.24. The molecule has 1 heterocycles. The maximum atomic E-state index is 12.8. The van der Waals surface area contributed by atoms with E-state index in [-0.39, 0.29) is 18.4 Å². The van der Waals surface area contributed by atoms with Crippen molar-refractivity contribution in [3.05, 3.63) is 48.0 Å². The maximum Gasteiger partial charge on any atom is 0.407 e. The number of piperidine rings is 1. The van der Waals surface area contributed by atoms with E-state index in [1.807, 2.05) is 63.2 Å². The lowest BCUT2D eigenvalue weighted by molar-refractivity contribution is -0.146. The fourth-order valence-corrected chi connectivity index (χ4v) is 4.07. The molecular weight excluding hydrogens is 408 g/mol. The van der Waals surface area contributed by atoms with E-state index in [4.69, 9.17) is 4.74 Å². The van der Waals surface area contributed by atoms with Crippen molar-refractivity contribution in [1.29, 1.82) is 0 Å². The molecule has 1 aliphatic heterocycles. The van der Waals surface area contributed by atoms with Crippen LogP contribution < -0.4 is 5.32 Å². The summed E-state index contributed by atoms with van der Waals surface area (Å²) in [7, 11) is 0. The minimum absolute atomic E-state index is 0.0390. The largest absolute Gasteiger partial charge is 0.481 e. The standard InChI is InChI=1S/C25H32N2O5/c1-25(2,3)32-24(31)26-20-11-13-27(14-12-20)22(28)16-19(23(29)30)15-18-9-6-8-17-7-4-5-10-21(17)18/h4-10,19-20H,11-16H2,1-3H3,(H,26,31)(H,29,30)/t19-/m1/s1. The highest BCUT2D eigenvalue weighted by atomic mass is 16.6. The molecule has 172 valence electrons. The van der Waals surface area contributed by atoms with E-state index in [0.29, 0.717) is 32.4 Å². The number of alkyl carbamates (subject to hydrolysis) is 1. The first-order valence-electron chi connectivity index (χ1n) is 11.1. The van der Waals surface area contributed by atoms with Gasteiger partial charge in [0.1, 0.15) is 5.60 Å². The molecule has 2 amide bonds. The van der Waals surface area contributed by atoms with Crippen LogP contribution in [0, 0.1) is 5.92 Å². The van der Waals surface area contributed by atoms with Gasteiger partial charge in [-0.3, -0.25) is 9.59 Å². The van der Waals surface area contributed by atoms with Gasteiger partial charge >= 0.3 is 12.1 Å². The van der Waals surface area contributed by atoms with Crippen LogP contribution in [0.4, 0.5) is 4.79 Å². The van der Waals surface area contributed by atoms with Gasteiger partial charge in [-0.2, -0.15) is 0 Å². The Kier molecular flexibility index (Phi) is 7.38. The van der Waals surface area contributed by atoms with Gasteiger partial charge in [0, 0.05) is 25.6 Å². The number of nitrogens with zero attached hydrogens (tertiary/aromatic N) is 1. The predicted octanol–water partition coefficient (Wildman–Crippen LogP) is 3.99. The van der Waals surface area contributed by atoms with Crippen LogP contribution in [0.15, 0.2) is 42.5 Å². The monoisotopic (exact) mass is 440 g/mol. The van der Waals surface area contributed by atoms with Gasteiger partial charge in [0.25, 0.3) is 0 Å². The van der Waals surface area contributed by atoms with Gasteiger partial charge < -0.3 is 20.1 Å². The molecule has 7 heteroatoms. The van der Waals surface area contributed by atoms with Gasteiger partial charge in [0.05, 0.1) is 5.92 Å². The lowest BCUT2D eigenvalue weighted by Gasteiger charge is -2.33. The topological polar surface area (TPSA) is 95.9 Å². The molecule has 0 spiro atoms. The van der Waals surface area contributed by atoms with Crippen molar-refractivity contribution in [3.63, 3.8) is 0 Å². The molecule has 7 nitrogen and oxygen atoms in total. The molecule has 32 heavy (non-hydrogen) atoms. The first-order valence-corrected chi connectivity index (χ1v) is 11.1. The summed E-state index contributed by atoms with van der Waals surface area (Å²) in [6, 6.07) is 13.6. The van der Waals surface area contributed by atoms with Gasteiger partial charge in [-0.25, -0.2) is 4.79 Å². The molecule has 1 atom stereocenters. The Hall–Kier alpha value is -3.09. The third-order valence-electron chi connectivity index (χ3n) is 5.69. The van der Waals surface area contributed by atoms with Crippen LogP contribution in [-0.4, -0.2) is 52.7 Å². The van der Waals surface area contributed by atoms with Crippen LogP contribution in [0.25, 0.3) is 10.8 Å². The Labute approximate surface area is 188 Å². The first kappa shape index (κ1) is 23.6. The Morgan fingerprint density at radius 3 is 2.41 bits per heavy atom. The normalized spacial score (nSPS) is 15.9. The molecule has 0 saturated carbocycles. The SMILES string of the molecule is CC(C)(C)OC(=O)NC1CCN(C(=O)C[C@@H](Cc2cccc3ccccc23)C(=O)O)CC1. The minimum atomic E-state index is -0.965. The quantitative estimate of drug-likeness (QED) is 0.708. The molecule has 1 saturated heterocycles. The molecule has 0 bridgehead atoms. The maximum absolute atomic E-state index is 12.8. The van der Waals surface area contributed by atoms with E-state index in [0.717, 1.165) is 16.3 Å². The summed E-state index contributed by atoms with van der Waals surface area (Å²) < 4.78 is 5.28. The minimum Gasteiger partial charge on any atom is -0.481 e. The highest BCUT2D eigenvalue weighted by molar-refractivity contribution is 5.87. The van der Waals surface area contributed by atoms with Crippen molar-refractivity contribution < 1.29 is 24.2 Å². The second kappa shape index (κ2) is 10.0. The van der Waals surface area contributed by atoms with Crippen molar-refractivity contribution in [2.24, 2.45) is 5.92 Å². The van der Waals surface area contributed by atoms with E-state index in [1.54, 1.807) is 4.90 Å². The number of nitrogens with one attached hydrogen (secondary N) is 1. The van der Waals surface area contributed by atoms with Gasteiger partial charge in [-0.15, -0.1) is 0 Å². The summed E-state index contributed by atoms with van der Waals surface area (Å²) in [6.07, 6.45) is 1.04. The number of carbonyl (C=O) groups is 3. The predicted molar refractivity (Wildman–Crippen MR) is 122 cm³/mol. The molecule has 1 fully saturated rings. The van der Waals surface area contributed by atoms with Crippen LogP contribution in [-0.2, 0) is 20.7 Å². The number of hydrogen-bond acceptors (Lipinski definition) is 4. The van der Waals surface area contributed by atoms with E-state index >= 15 is 0 Å². The number of aliphatic carboxylic acids is 1. The van der Waals surface area contributed by atoms with Crippen LogP contribution in [0.1, 0.15) is 45.6 Å². The summed E-state index contributed by atoms with van der Waals surface area (Å²) in [4.78, 5) is 38.4. The van der Waals surface area contributed by atoms with E-state index in [2.05, 4.69) is 5.32 Å². The van der Waals surface area contributed by atoms with Crippen molar-refractivity contribution >= 4 is 28.7 Å². The Morgan fingerprint density at radius 1 is 1.09 bits per heavy atom. The van der Waals surface area contributed by atoms with E-state index in [1.165, 1.54) is 0 Å². The van der Waals surface area contributed by atoms with Gasteiger partial charge in [0.2, 0.25) is 5.91 Å². The molecular formula is C25H32N2O5. The van der Waals surface area contributed by atoms with Gasteiger partial charge in [-0.1, -0.05) is 42.5 Å². The number of amides is 2. The summed E-state index contributed by atoms with van der Waals surface area (Å²) in [5, 5.41) is 14.7. The van der Waals surface area contributed by atoms with E-state index < -0.39 is 23.6 Å². The number of carboxylic acids is 1. The third kappa shape index (κ3) is 6.45. The fraction of sp³-hybridized carbons (Fsp3) is 0.480. The zero-order chi connectivity index (χ0) is 23.3. The second-order valence-corrected chi connectivity index (χ2v) is 9.38. The van der Waals surface area contributed by atoms with Crippen molar-refractivity contribution in [3.8, 4) is 0 Å². The second-order valence-electron chi connectivity index (χ2n) is 9.38. The van der Waals surface area contributed by atoms with Crippen molar-refractivity contribution in [2.75, 3.05) is 13.1 Å². The summed E-state index contributed by atoms with van der Waals surface area (Å²) in [6.45, 7) is 6.40. The molecule has 0 aliphatic carbocycles. The summed E-state index contributed by atoms with van der Waals surface area (Å²) in [5.41, 5.74) is 0.375. The van der Waals surface area contributed by atoms with Crippen LogP contribution >= 0.6 is 0 Å². The van der Waals surface area contributed by atoms with Crippen LogP contribution in [0.5, 0.6) is 0 Å². The van der Waals surface area contributed by atoms with Crippen LogP contribution in [0.2, 0.25) is 0 Å². The molecule has 0 aromatic heterocycles. The Balaban J connectivity index is 1.56. The number of carboxylic acid groups (broad SMARTS) is 1.